The second-order valence-corrected chi connectivity index (χ2v) is 6.72. The highest BCUT2D eigenvalue weighted by Crippen LogP contribution is 2.22. The Labute approximate surface area is 119 Å². The summed E-state index contributed by atoms with van der Waals surface area (Å²) in [7, 11) is 0. The normalized spacial score (nSPS) is 10.5. The minimum absolute atomic E-state index is 0.00977. The Morgan fingerprint density at radius 1 is 1.24 bits per heavy atom. The molecule has 0 bridgehead atoms. The molecule has 1 nitrogen and oxygen atoms in total. The molecule has 0 atom stereocenters. The van der Waals surface area contributed by atoms with Crippen LogP contribution in [-0.2, 0) is 6.42 Å². The molecule has 0 amide bonds. The quantitative estimate of drug-likeness (QED) is 0.699. The molecule has 2 rings (SSSR count). The molecule has 17 heavy (non-hydrogen) atoms. The summed E-state index contributed by atoms with van der Waals surface area (Å²) >= 11 is 7.98. The van der Waals surface area contributed by atoms with E-state index in [9.17, 15) is 9.18 Å². The van der Waals surface area contributed by atoms with E-state index in [0.29, 0.717) is 15.6 Å². The Kier molecular flexibility index (Phi) is 4.12. The zero-order valence-electron chi connectivity index (χ0n) is 8.54. The summed E-state index contributed by atoms with van der Waals surface area (Å²) in [5, 5.41) is 1.79. The topological polar surface area (TPSA) is 17.1 Å². The maximum atomic E-state index is 13.1. The number of Topliss-reactive ketones (excluding diaryl/α,β-unsaturated/α-hetero) is 1. The van der Waals surface area contributed by atoms with E-state index >= 15 is 0 Å². The van der Waals surface area contributed by atoms with E-state index < -0.39 is 0 Å². The van der Waals surface area contributed by atoms with Gasteiger partial charge in [-0.25, -0.2) is 4.39 Å². The highest BCUT2D eigenvalue weighted by atomic mass is 79.9. The molecule has 0 aliphatic heterocycles. The molecule has 1 aromatic heterocycles. The number of halogens is 3. The van der Waals surface area contributed by atoms with Crippen molar-refractivity contribution in [2.24, 2.45) is 0 Å². The minimum atomic E-state index is -0.339. The van der Waals surface area contributed by atoms with Crippen LogP contribution in [0.3, 0.4) is 0 Å². The van der Waals surface area contributed by atoms with E-state index in [4.69, 9.17) is 0 Å². The average Bonchev–Trinajstić information content (AvgIpc) is 2.63. The molecule has 0 fully saturated rings. The van der Waals surface area contributed by atoms with Gasteiger partial charge in [-0.3, -0.25) is 4.79 Å². The molecule has 88 valence electrons. The molecule has 0 saturated carbocycles. The maximum absolute atomic E-state index is 13.1. The summed E-state index contributed by atoms with van der Waals surface area (Å²) in [6.45, 7) is 0. The van der Waals surface area contributed by atoms with Crippen molar-refractivity contribution < 1.29 is 9.18 Å². The summed E-state index contributed by atoms with van der Waals surface area (Å²) in [4.78, 5) is 11.9. The van der Waals surface area contributed by atoms with E-state index in [-0.39, 0.29) is 18.0 Å². The lowest BCUT2D eigenvalue weighted by molar-refractivity contribution is 0.0993. The van der Waals surface area contributed by atoms with Gasteiger partial charge < -0.3 is 0 Å². The molecular formula is C12H7Br2FOS. The van der Waals surface area contributed by atoms with E-state index in [1.165, 1.54) is 23.5 Å². The lowest BCUT2D eigenvalue weighted by atomic mass is 10.1. The summed E-state index contributed by atoms with van der Waals surface area (Å²) in [6.07, 6.45) is 0.208. The summed E-state index contributed by atoms with van der Waals surface area (Å²) in [6, 6.07) is 6.28. The largest absolute Gasteiger partial charge is 0.294 e. The fourth-order valence-electron chi connectivity index (χ4n) is 1.46. The van der Waals surface area contributed by atoms with Gasteiger partial charge in [0.2, 0.25) is 0 Å². The van der Waals surface area contributed by atoms with Crippen molar-refractivity contribution in [2.75, 3.05) is 0 Å². The number of benzene rings is 1. The summed E-state index contributed by atoms with van der Waals surface area (Å²) in [5.74, 6) is -0.349. The first-order valence-electron chi connectivity index (χ1n) is 4.77. The van der Waals surface area contributed by atoms with Crippen LogP contribution < -0.4 is 0 Å². The smallest absolute Gasteiger partial charge is 0.168 e. The van der Waals surface area contributed by atoms with Crippen molar-refractivity contribution in [3.63, 3.8) is 0 Å². The molecule has 0 spiro atoms. The van der Waals surface area contributed by atoms with Crippen LogP contribution in [0, 0.1) is 5.82 Å². The lowest BCUT2D eigenvalue weighted by Crippen LogP contribution is -2.02. The van der Waals surface area contributed by atoms with Gasteiger partial charge in [-0.05, 0) is 45.8 Å². The summed E-state index contributed by atoms with van der Waals surface area (Å²) in [5.41, 5.74) is 1.33. The molecule has 0 aliphatic rings. The fourth-order valence-corrected chi connectivity index (χ4v) is 3.13. The van der Waals surface area contributed by atoms with Crippen molar-refractivity contribution in [1.82, 2.24) is 0 Å². The molecule has 2 aromatic rings. The van der Waals surface area contributed by atoms with Gasteiger partial charge in [-0.15, -0.1) is 11.3 Å². The van der Waals surface area contributed by atoms with Crippen LogP contribution in [0.2, 0.25) is 0 Å². The number of carbonyl (C=O) groups is 1. The van der Waals surface area contributed by atoms with E-state index in [1.54, 1.807) is 17.5 Å². The predicted octanol–water partition coefficient (Wildman–Crippen LogP) is 4.84. The van der Waals surface area contributed by atoms with E-state index in [2.05, 4.69) is 31.9 Å². The Morgan fingerprint density at radius 3 is 2.59 bits per heavy atom. The molecule has 5 heteroatoms. The van der Waals surface area contributed by atoms with Crippen LogP contribution >= 0.6 is 43.2 Å². The molecule has 0 unspecified atom stereocenters. The molecule has 0 aliphatic carbocycles. The number of hydrogen-bond acceptors (Lipinski definition) is 2. The highest BCUT2D eigenvalue weighted by Gasteiger charge is 2.10. The van der Waals surface area contributed by atoms with Crippen LogP contribution in [-0.4, -0.2) is 5.78 Å². The maximum Gasteiger partial charge on any atom is 0.168 e. The van der Waals surface area contributed by atoms with Crippen molar-refractivity contribution in [1.29, 1.82) is 0 Å². The molecule has 0 N–H and O–H groups in total. The SMILES string of the molecule is O=C(Cc1cc(F)cc(Br)c1)c1csc(Br)c1. The Bertz CT molecular complexity index is 545. The van der Waals surface area contributed by atoms with Gasteiger partial charge in [-0.2, -0.15) is 0 Å². The van der Waals surface area contributed by atoms with Crippen molar-refractivity contribution in [3.05, 3.63) is 54.8 Å². The van der Waals surface area contributed by atoms with Gasteiger partial charge in [0.1, 0.15) is 5.82 Å². The molecule has 0 saturated heterocycles. The third kappa shape index (κ3) is 3.47. The van der Waals surface area contributed by atoms with Crippen LogP contribution in [0.1, 0.15) is 15.9 Å². The van der Waals surface area contributed by atoms with Crippen LogP contribution in [0.25, 0.3) is 0 Å². The molecule has 1 heterocycles. The van der Waals surface area contributed by atoms with Crippen molar-refractivity contribution in [3.8, 4) is 0 Å². The predicted molar refractivity (Wildman–Crippen MR) is 74.2 cm³/mol. The van der Waals surface area contributed by atoms with Gasteiger partial charge in [0.05, 0.1) is 3.79 Å². The number of thiophene rings is 1. The second-order valence-electron chi connectivity index (χ2n) is 3.52. The van der Waals surface area contributed by atoms with Crippen molar-refractivity contribution in [2.45, 2.75) is 6.42 Å². The van der Waals surface area contributed by atoms with Gasteiger partial charge >= 0.3 is 0 Å². The second kappa shape index (κ2) is 5.42. The fraction of sp³-hybridized carbons (Fsp3) is 0.0833. The minimum Gasteiger partial charge on any atom is -0.294 e. The highest BCUT2D eigenvalue weighted by molar-refractivity contribution is 9.11. The van der Waals surface area contributed by atoms with Gasteiger partial charge in [0.25, 0.3) is 0 Å². The lowest BCUT2D eigenvalue weighted by Gasteiger charge is -2.01. The number of carbonyl (C=O) groups excluding carboxylic acids is 1. The molecular weight excluding hydrogens is 371 g/mol. The van der Waals surface area contributed by atoms with E-state index in [1.807, 2.05) is 0 Å². The monoisotopic (exact) mass is 376 g/mol. The van der Waals surface area contributed by atoms with E-state index in [0.717, 1.165) is 3.79 Å². The zero-order chi connectivity index (χ0) is 12.4. The Hall–Kier alpha value is -0.520. The third-order valence-corrected chi connectivity index (χ3v) is 4.14. The Balaban J connectivity index is 2.18. The number of hydrogen-bond donors (Lipinski definition) is 0. The third-order valence-electron chi connectivity index (χ3n) is 2.18. The first kappa shape index (κ1) is 12.9. The Morgan fingerprint density at radius 2 is 2.00 bits per heavy atom. The van der Waals surface area contributed by atoms with Crippen LogP contribution in [0.5, 0.6) is 0 Å². The first-order valence-corrected chi connectivity index (χ1v) is 7.23. The number of rotatable bonds is 3. The standard InChI is InChI=1S/C12H7Br2FOS/c13-9-1-7(2-10(15)5-9)3-11(16)8-4-12(14)17-6-8/h1-2,4-6H,3H2. The van der Waals surface area contributed by atoms with Crippen LogP contribution in [0.15, 0.2) is 37.9 Å². The van der Waals surface area contributed by atoms with Crippen molar-refractivity contribution >= 4 is 49.0 Å². The zero-order valence-corrected chi connectivity index (χ0v) is 12.5. The van der Waals surface area contributed by atoms with Gasteiger partial charge in [-0.1, -0.05) is 15.9 Å². The van der Waals surface area contributed by atoms with Gasteiger partial charge in [0.15, 0.2) is 5.78 Å². The average molecular weight is 378 g/mol. The molecule has 0 radical (unpaired) electrons. The van der Waals surface area contributed by atoms with Gasteiger partial charge in [0, 0.05) is 21.8 Å². The molecule has 1 aromatic carbocycles. The summed E-state index contributed by atoms with van der Waals surface area (Å²) < 4.78 is 14.7. The van der Waals surface area contributed by atoms with Crippen LogP contribution in [0.4, 0.5) is 4.39 Å². The number of ketones is 1. The first-order chi connectivity index (χ1) is 8.04.